The van der Waals surface area contributed by atoms with Crippen LogP contribution in [-0.4, -0.2) is 82.8 Å². The van der Waals surface area contributed by atoms with Gasteiger partial charge in [-0.25, -0.2) is 0 Å². The van der Waals surface area contributed by atoms with Gasteiger partial charge in [0, 0.05) is 32.0 Å². The Hall–Kier alpha value is -1.17. The molecule has 0 radical (unpaired) electrons. The van der Waals surface area contributed by atoms with Gasteiger partial charge in [0.2, 0.25) is 5.91 Å². The van der Waals surface area contributed by atoms with Crippen LogP contribution < -0.4 is 11.1 Å². The number of carbonyl (C=O) groups excluding carboxylic acids is 3. The molecule has 2 atom stereocenters. The third kappa shape index (κ3) is 12.5. The summed E-state index contributed by atoms with van der Waals surface area (Å²) in [4.78, 5) is 52.0. The van der Waals surface area contributed by atoms with Gasteiger partial charge in [0.25, 0.3) is 0 Å². The zero-order chi connectivity index (χ0) is 22.8. The van der Waals surface area contributed by atoms with Crippen molar-refractivity contribution in [2.45, 2.75) is 50.8 Å². The number of hydrogen-bond donors (Lipinski definition) is 4. The molecule has 13 heteroatoms. The van der Waals surface area contributed by atoms with Crippen molar-refractivity contribution in [3.63, 3.8) is 0 Å². The molecule has 1 fully saturated rings. The molecule has 0 aromatic heterocycles. The molecule has 0 heterocycles. The van der Waals surface area contributed by atoms with Gasteiger partial charge in [-0.3, -0.25) is 18.9 Å². The molecule has 0 bridgehead atoms. The van der Waals surface area contributed by atoms with E-state index in [2.05, 4.69) is 5.32 Å². The second-order valence-corrected chi connectivity index (χ2v) is 10.1. The van der Waals surface area contributed by atoms with Crippen molar-refractivity contribution in [1.82, 2.24) is 5.32 Å². The van der Waals surface area contributed by atoms with Crippen LogP contribution in [0, 0.1) is 0 Å². The molecule has 11 nitrogen and oxygen atoms in total. The van der Waals surface area contributed by atoms with Crippen molar-refractivity contribution >= 4 is 37.2 Å². The van der Waals surface area contributed by atoms with E-state index in [9.17, 15) is 18.9 Å². The summed E-state index contributed by atoms with van der Waals surface area (Å²) in [6.45, 7) is 2.91. The highest BCUT2D eigenvalue weighted by Gasteiger charge is 2.45. The zero-order valence-electron chi connectivity index (χ0n) is 17.2. The van der Waals surface area contributed by atoms with Gasteiger partial charge in [0.15, 0.2) is 0 Å². The lowest BCUT2D eigenvalue weighted by molar-refractivity contribution is -0.154. The number of rotatable bonds is 15. The third-order valence-corrected chi connectivity index (χ3v) is 6.20. The fraction of sp³-hybridized carbons (Fsp3) is 0.824. The summed E-state index contributed by atoms with van der Waals surface area (Å²) in [6.07, 6.45) is 0.867. The summed E-state index contributed by atoms with van der Waals surface area (Å²) in [5.41, 5.74) is 5.46. The molecule has 0 aliphatic heterocycles. The number of esters is 2. The molecule has 5 N–H and O–H groups in total. The van der Waals surface area contributed by atoms with Crippen LogP contribution in [0.15, 0.2) is 0 Å². The minimum absolute atomic E-state index is 0.0637. The summed E-state index contributed by atoms with van der Waals surface area (Å²) in [6, 6.07) is -0.783. The van der Waals surface area contributed by atoms with E-state index in [0.717, 1.165) is 12.8 Å². The first-order valence-electron chi connectivity index (χ1n) is 9.51. The first-order valence-corrected chi connectivity index (χ1v) is 12.5. The largest absolute Gasteiger partial charge is 0.462 e. The van der Waals surface area contributed by atoms with Crippen LogP contribution in [0.1, 0.15) is 33.1 Å². The highest BCUT2D eigenvalue weighted by Crippen LogP contribution is 2.37. The average Bonchev–Trinajstić information content (AvgIpc) is 3.37. The second-order valence-electron chi connectivity index (χ2n) is 7.24. The first kappa shape index (κ1) is 26.9. The maximum Gasteiger partial charge on any atom is 0.325 e. The molecule has 1 aliphatic rings. The minimum atomic E-state index is -4.02. The molecule has 174 valence electrons. The summed E-state index contributed by atoms with van der Waals surface area (Å²) >= 11 is 1.31. The molecule has 0 aromatic rings. The molecule has 0 saturated heterocycles. The van der Waals surface area contributed by atoms with E-state index in [4.69, 9.17) is 29.7 Å². The number of ether oxygens (including phenoxy) is 3. The number of thioether (sulfide) groups is 1. The van der Waals surface area contributed by atoms with E-state index in [1.165, 1.54) is 25.6 Å². The summed E-state index contributed by atoms with van der Waals surface area (Å²) in [7, 11) is -4.02. The number of nitrogens with one attached hydrogen (secondary N) is 1. The van der Waals surface area contributed by atoms with Crippen molar-refractivity contribution < 1.29 is 42.9 Å². The maximum atomic E-state index is 12.3. The van der Waals surface area contributed by atoms with Gasteiger partial charge >= 0.3 is 19.5 Å². The summed E-state index contributed by atoms with van der Waals surface area (Å²) < 4.78 is 26.2. The fourth-order valence-electron chi connectivity index (χ4n) is 2.41. The number of hydrogen-bond acceptors (Lipinski definition) is 9. The van der Waals surface area contributed by atoms with Crippen molar-refractivity contribution in [3.05, 3.63) is 0 Å². The van der Waals surface area contributed by atoms with Crippen molar-refractivity contribution in [3.8, 4) is 0 Å². The second kappa shape index (κ2) is 12.6. The lowest BCUT2D eigenvalue weighted by atomic mass is 10.2. The van der Waals surface area contributed by atoms with Crippen LogP contribution in [0.2, 0.25) is 0 Å². The summed E-state index contributed by atoms with van der Waals surface area (Å²) in [5, 5.41) is 2.87. The van der Waals surface area contributed by atoms with Crippen LogP contribution in [0.4, 0.5) is 0 Å². The molecule has 0 aromatic carbocycles. The minimum Gasteiger partial charge on any atom is -0.462 e. The van der Waals surface area contributed by atoms with Crippen molar-refractivity contribution in [2.24, 2.45) is 5.73 Å². The zero-order valence-corrected chi connectivity index (χ0v) is 18.9. The van der Waals surface area contributed by atoms with Gasteiger partial charge in [-0.2, -0.15) is 11.8 Å². The van der Waals surface area contributed by atoms with E-state index in [1.807, 2.05) is 0 Å². The van der Waals surface area contributed by atoms with Crippen LogP contribution in [0.25, 0.3) is 0 Å². The van der Waals surface area contributed by atoms with Crippen molar-refractivity contribution in [1.29, 1.82) is 0 Å². The molecule has 0 spiro atoms. The Bertz CT molecular complexity index is 639. The Morgan fingerprint density at radius 1 is 1.20 bits per heavy atom. The van der Waals surface area contributed by atoms with Crippen LogP contribution in [0.3, 0.4) is 0 Å². The average molecular weight is 470 g/mol. The summed E-state index contributed by atoms with van der Waals surface area (Å²) in [5.74, 6) is -0.703. The normalized spacial score (nSPS) is 17.0. The molecule has 0 unspecified atom stereocenters. The molecule has 1 rings (SSSR count). The lowest BCUT2D eigenvalue weighted by Crippen LogP contribution is -2.49. The fourth-order valence-corrected chi connectivity index (χ4v) is 3.92. The van der Waals surface area contributed by atoms with Gasteiger partial charge in [-0.15, -0.1) is 0 Å². The van der Waals surface area contributed by atoms with Crippen LogP contribution in [0.5, 0.6) is 0 Å². The first-order chi connectivity index (χ1) is 13.9. The highest BCUT2D eigenvalue weighted by atomic mass is 32.2. The molecule has 1 saturated carbocycles. The van der Waals surface area contributed by atoms with E-state index >= 15 is 0 Å². The maximum absolute atomic E-state index is 12.3. The Labute approximate surface area is 179 Å². The molecule has 30 heavy (non-hydrogen) atoms. The van der Waals surface area contributed by atoms with Crippen molar-refractivity contribution in [2.75, 3.05) is 37.5 Å². The lowest BCUT2D eigenvalue weighted by Gasteiger charge is -2.21. The van der Waals surface area contributed by atoms with E-state index in [1.54, 1.807) is 0 Å². The SMILES string of the molecule is CC(=O)OC[C@H](CSC[C@H](N)C(=O)NC1(COCCCP(=O)(O)O)CC1)OC(C)=O. The standard InChI is InChI=1S/C17H31N2O9PS/c1-12(20)27-8-14(28-13(2)21)9-30-10-15(18)16(22)19-17(4-5-17)11-26-6-3-7-29(23,24)25/h14-15H,3-11,18H2,1-2H3,(H,19,22)(H2,23,24,25)/t14-,15+/m1/s1. The van der Waals surface area contributed by atoms with Gasteiger partial charge < -0.3 is 35.0 Å². The number of amides is 1. The van der Waals surface area contributed by atoms with E-state index in [-0.39, 0.29) is 44.1 Å². The van der Waals surface area contributed by atoms with Crippen LogP contribution in [-0.2, 0) is 33.2 Å². The molecule has 1 aliphatic carbocycles. The van der Waals surface area contributed by atoms with E-state index in [0.29, 0.717) is 5.75 Å². The molecular weight excluding hydrogens is 439 g/mol. The predicted molar refractivity (Wildman–Crippen MR) is 110 cm³/mol. The van der Waals surface area contributed by atoms with Gasteiger partial charge in [0.05, 0.1) is 24.3 Å². The van der Waals surface area contributed by atoms with Gasteiger partial charge in [-0.1, -0.05) is 0 Å². The topological polar surface area (TPSA) is 174 Å². The monoisotopic (exact) mass is 470 g/mol. The Morgan fingerprint density at radius 2 is 1.87 bits per heavy atom. The van der Waals surface area contributed by atoms with Gasteiger partial charge in [-0.05, 0) is 19.3 Å². The predicted octanol–water partition coefficient (Wildman–Crippen LogP) is -0.225. The molecular formula is C17H31N2O9PS. The highest BCUT2D eigenvalue weighted by molar-refractivity contribution is 7.99. The Morgan fingerprint density at radius 3 is 2.40 bits per heavy atom. The third-order valence-electron chi connectivity index (χ3n) is 4.10. The molecule has 1 amide bonds. The quantitative estimate of drug-likeness (QED) is 0.141. The van der Waals surface area contributed by atoms with Gasteiger partial charge in [0.1, 0.15) is 12.7 Å². The number of nitrogens with two attached hydrogens (primary N) is 1. The number of carbonyl (C=O) groups is 3. The van der Waals surface area contributed by atoms with E-state index < -0.39 is 37.2 Å². The Kier molecular flexibility index (Phi) is 11.3. The Balaban J connectivity index is 2.30. The smallest absolute Gasteiger partial charge is 0.325 e. The van der Waals surface area contributed by atoms with Crippen LogP contribution >= 0.6 is 19.4 Å².